The molecule has 2 atom stereocenters. The number of carbonyl (C=O) groups is 1. The number of rotatable bonds is 5. The van der Waals surface area contributed by atoms with Crippen LogP contribution < -0.4 is 5.32 Å². The van der Waals surface area contributed by atoms with Gasteiger partial charge in [-0.05, 0) is 49.8 Å². The molecule has 0 radical (unpaired) electrons. The van der Waals surface area contributed by atoms with Gasteiger partial charge in [-0.3, -0.25) is 4.79 Å². The highest BCUT2D eigenvalue weighted by Gasteiger charge is 2.31. The second-order valence-electron chi connectivity index (χ2n) is 6.77. The molecule has 134 valence electrons. The topological polar surface area (TPSA) is 66.5 Å². The first-order valence-corrected chi connectivity index (χ1v) is 10.4. The summed E-state index contributed by atoms with van der Waals surface area (Å²) >= 11 is 0. The number of nitrogens with zero attached hydrogens (tertiary/aromatic N) is 1. The van der Waals surface area contributed by atoms with Crippen molar-refractivity contribution in [3.8, 4) is 0 Å². The molecule has 1 fully saturated rings. The Labute approximate surface area is 145 Å². The number of aryl methyl sites for hydroxylation is 2. The van der Waals surface area contributed by atoms with Crippen molar-refractivity contribution >= 4 is 15.9 Å². The van der Waals surface area contributed by atoms with Crippen LogP contribution in [0.1, 0.15) is 48.9 Å². The molecule has 1 aliphatic heterocycles. The smallest absolute Gasteiger partial charge is 0.224 e. The van der Waals surface area contributed by atoms with Gasteiger partial charge in [-0.25, -0.2) is 12.7 Å². The molecule has 0 aliphatic carbocycles. The minimum atomic E-state index is -3.24. The summed E-state index contributed by atoms with van der Waals surface area (Å²) in [6.45, 7) is 6.98. The average Bonchev–Trinajstić information content (AvgIpc) is 2.54. The summed E-state index contributed by atoms with van der Waals surface area (Å²) in [5, 5.41) is 3.11. The van der Waals surface area contributed by atoms with E-state index in [1.54, 1.807) is 0 Å². The lowest BCUT2D eigenvalue weighted by Crippen LogP contribution is -2.45. The van der Waals surface area contributed by atoms with Gasteiger partial charge in [0.2, 0.25) is 15.9 Å². The van der Waals surface area contributed by atoms with E-state index >= 15 is 0 Å². The molecule has 6 heteroatoms. The Morgan fingerprint density at radius 1 is 1.33 bits per heavy atom. The van der Waals surface area contributed by atoms with Gasteiger partial charge in [0.1, 0.15) is 0 Å². The Hall–Kier alpha value is -1.40. The fraction of sp³-hybridized carbons (Fsp3) is 0.611. The van der Waals surface area contributed by atoms with Crippen molar-refractivity contribution in [2.75, 3.05) is 19.3 Å². The van der Waals surface area contributed by atoms with Gasteiger partial charge in [-0.15, -0.1) is 0 Å². The standard InChI is InChI=1S/C18H28N2O3S/c1-5-17(15-9-8-13(2)14(3)11-15)19-18(21)16-7-6-10-20(12-16)24(4,22)23/h8-9,11,16-17H,5-7,10,12H2,1-4H3,(H,19,21)/t16-,17+/m0/s1. The molecule has 5 nitrogen and oxygen atoms in total. The van der Waals surface area contributed by atoms with E-state index in [0.717, 1.165) is 24.8 Å². The summed E-state index contributed by atoms with van der Waals surface area (Å²) in [4.78, 5) is 12.6. The van der Waals surface area contributed by atoms with Crippen molar-refractivity contribution in [2.45, 2.75) is 46.1 Å². The lowest BCUT2D eigenvalue weighted by molar-refractivity contribution is -0.126. The number of benzene rings is 1. The van der Waals surface area contributed by atoms with Crippen molar-refractivity contribution in [3.05, 3.63) is 34.9 Å². The van der Waals surface area contributed by atoms with Gasteiger partial charge >= 0.3 is 0 Å². The summed E-state index contributed by atoms with van der Waals surface area (Å²) in [6, 6.07) is 6.21. The van der Waals surface area contributed by atoms with E-state index in [4.69, 9.17) is 0 Å². The maximum atomic E-state index is 12.6. The molecule has 0 spiro atoms. The third kappa shape index (κ3) is 4.57. The van der Waals surface area contributed by atoms with Gasteiger partial charge < -0.3 is 5.32 Å². The molecule has 1 heterocycles. The van der Waals surface area contributed by atoms with Crippen molar-refractivity contribution in [3.63, 3.8) is 0 Å². The molecule has 1 aromatic rings. The Bertz CT molecular complexity index is 700. The van der Waals surface area contributed by atoms with Crippen molar-refractivity contribution < 1.29 is 13.2 Å². The SMILES string of the molecule is CC[C@@H](NC(=O)[C@H]1CCCN(S(C)(=O)=O)C1)c1ccc(C)c(C)c1. The number of hydrogen-bond acceptors (Lipinski definition) is 3. The van der Waals surface area contributed by atoms with Crippen LogP contribution in [0.15, 0.2) is 18.2 Å². The minimum absolute atomic E-state index is 0.0367. The summed E-state index contributed by atoms with van der Waals surface area (Å²) < 4.78 is 24.9. The van der Waals surface area contributed by atoms with Gasteiger partial charge in [0.25, 0.3) is 0 Å². The highest BCUT2D eigenvalue weighted by molar-refractivity contribution is 7.88. The van der Waals surface area contributed by atoms with Crippen molar-refractivity contribution in [1.82, 2.24) is 9.62 Å². The first kappa shape index (κ1) is 18.9. The first-order chi connectivity index (χ1) is 11.2. The highest BCUT2D eigenvalue weighted by Crippen LogP contribution is 2.23. The van der Waals surface area contributed by atoms with Gasteiger partial charge in [-0.1, -0.05) is 25.1 Å². The Balaban J connectivity index is 2.07. The molecule has 24 heavy (non-hydrogen) atoms. The predicted octanol–water partition coefficient (Wildman–Crippen LogP) is 2.54. The number of nitrogens with one attached hydrogen (secondary N) is 1. The Morgan fingerprint density at radius 2 is 2.04 bits per heavy atom. The summed E-state index contributed by atoms with van der Waals surface area (Å²) in [5.74, 6) is -0.317. The largest absolute Gasteiger partial charge is 0.349 e. The molecular formula is C18H28N2O3S. The molecule has 1 aromatic carbocycles. The molecule has 1 saturated heterocycles. The highest BCUT2D eigenvalue weighted by atomic mass is 32.2. The molecule has 0 saturated carbocycles. The van der Waals surface area contributed by atoms with Gasteiger partial charge in [0, 0.05) is 13.1 Å². The van der Waals surface area contributed by atoms with Crippen molar-refractivity contribution in [2.24, 2.45) is 5.92 Å². The average molecular weight is 353 g/mol. The fourth-order valence-corrected chi connectivity index (χ4v) is 4.06. The number of hydrogen-bond donors (Lipinski definition) is 1. The molecule has 0 unspecified atom stereocenters. The van der Waals surface area contributed by atoms with Crippen LogP contribution in [0, 0.1) is 19.8 Å². The lowest BCUT2D eigenvalue weighted by Gasteiger charge is -2.31. The van der Waals surface area contributed by atoms with Crippen LogP contribution in [0.4, 0.5) is 0 Å². The Morgan fingerprint density at radius 3 is 2.62 bits per heavy atom. The van der Waals surface area contributed by atoms with Crippen LogP contribution in [0.25, 0.3) is 0 Å². The normalized spacial score (nSPS) is 20.6. The van der Waals surface area contributed by atoms with E-state index in [-0.39, 0.29) is 24.4 Å². The van der Waals surface area contributed by atoms with Gasteiger partial charge in [-0.2, -0.15) is 0 Å². The zero-order chi connectivity index (χ0) is 17.9. The zero-order valence-electron chi connectivity index (χ0n) is 15.0. The Kier molecular flexibility index (Phi) is 6.04. The maximum Gasteiger partial charge on any atom is 0.224 e. The predicted molar refractivity (Wildman–Crippen MR) is 96.2 cm³/mol. The van der Waals surface area contributed by atoms with Crippen LogP contribution in [0.5, 0.6) is 0 Å². The molecular weight excluding hydrogens is 324 g/mol. The molecule has 1 aliphatic rings. The number of amides is 1. The summed E-state index contributed by atoms with van der Waals surface area (Å²) in [7, 11) is -3.24. The van der Waals surface area contributed by atoms with Crippen LogP contribution in [-0.2, 0) is 14.8 Å². The monoisotopic (exact) mass is 352 g/mol. The molecule has 2 rings (SSSR count). The van der Waals surface area contributed by atoms with Crippen LogP contribution in [-0.4, -0.2) is 38.0 Å². The lowest BCUT2D eigenvalue weighted by atomic mass is 9.96. The van der Waals surface area contributed by atoms with Gasteiger partial charge in [0.05, 0.1) is 18.2 Å². The van der Waals surface area contributed by atoms with Crippen LogP contribution in [0.3, 0.4) is 0 Å². The van der Waals surface area contributed by atoms with E-state index < -0.39 is 10.0 Å². The number of sulfonamides is 1. The maximum absolute atomic E-state index is 12.6. The number of carbonyl (C=O) groups excluding carboxylic acids is 1. The summed E-state index contributed by atoms with van der Waals surface area (Å²) in [5.41, 5.74) is 3.54. The van der Waals surface area contributed by atoms with Crippen LogP contribution in [0.2, 0.25) is 0 Å². The number of piperidine rings is 1. The van der Waals surface area contributed by atoms with E-state index in [9.17, 15) is 13.2 Å². The van der Waals surface area contributed by atoms with Crippen LogP contribution >= 0.6 is 0 Å². The second-order valence-corrected chi connectivity index (χ2v) is 8.76. The first-order valence-electron chi connectivity index (χ1n) is 8.55. The third-order valence-corrected chi connectivity index (χ3v) is 6.15. The van der Waals surface area contributed by atoms with Gasteiger partial charge in [0.15, 0.2) is 0 Å². The molecule has 0 aromatic heterocycles. The molecule has 1 amide bonds. The van der Waals surface area contributed by atoms with E-state index in [2.05, 4.69) is 37.4 Å². The van der Waals surface area contributed by atoms with Crippen molar-refractivity contribution in [1.29, 1.82) is 0 Å². The third-order valence-electron chi connectivity index (χ3n) is 4.88. The minimum Gasteiger partial charge on any atom is -0.349 e. The zero-order valence-corrected chi connectivity index (χ0v) is 15.8. The molecule has 1 N–H and O–H groups in total. The second kappa shape index (κ2) is 7.66. The van der Waals surface area contributed by atoms with E-state index in [1.165, 1.54) is 21.7 Å². The summed E-state index contributed by atoms with van der Waals surface area (Å²) in [6.07, 6.45) is 3.47. The fourth-order valence-electron chi connectivity index (χ4n) is 3.15. The quantitative estimate of drug-likeness (QED) is 0.885. The van der Waals surface area contributed by atoms with E-state index in [0.29, 0.717) is 6.54 Å². The van der Waals surface area contributed by atoms with E-state index in [1.807, 2.05) is 6.92 Å². The molecule has 0 bridgehead atoms.